The molecule has 0 aliphatic rings. The fraction of sp³-hybridized carbons (Fsp3) is 0.400. The monoisotopic (exact) mass is 297 g/mol. The summed E-state index contributed by atoms with van der Waals surface area (Å²) in [6.07, 6.45) is 0.932. The summed E-state index contributed by atoms with van der Waals surface area (Å²) in [6.45, 7) is 7.99. The Morgan fingerprint density at radius 2 is 1.59 bits per heavy atom. The molecule has 0 heterocycles. The molecule has 0 aliphatic heterocycles. The maximum Gasteiger partial charge on any atom is 0.119 e. The third kappa shape index (κ3) is 4.60. The lowest BCUT2D eigenvalue weighted by Gasteiger charge is -2.19. The Morgan fingerprint density at radius 3 is 2.14 bits per heavy atom. The minimum Gasteiger partial charge on any atom is -0.494 e. The van der Waals surface area contributed by atoms with Crippen molar-refractivity contribution in [1.29, 1.82) is 0 Å². The van der Waals surface area contributed by atoms with Gasteiger partial charge in [0.25, 0.3) is 0 Å². The van der Waals surface area contributed by atoms with Crippen molar-refractivity contribution in [3.8, 4) is 5.75 Å². The van der Waals surface area contributed by atoms with Crippen LogP contribution >= 0.6 is 0 Å². The van der Waals surface area contributed by atoms with Crippen LogP contribution in [0.1, 0.15) is 44.2 Å². The van der Waals surface area contributed by atoms with E-state index in [0.29, 0.717) is 19.1 Å². The van der Waals surface area contributed by atoms with E-state index in [0.717, 1.165) is 12.2 Å². The Labute approximate surface area is 134 Å². The molecule has 0 saturated carbocycles. The van der Waals surface area contributed by atoms with Gasteiger partial charge in [0, 0.05) is 0 Å². The summed E-state index contributed by atoms with van der Waals surface area (Å²) in [5.74, 6) is 1.28. The van der Waals surface area contributed by atoms with Crippen LogP contribution < -0.4 is 10.5 Å². The van der Waals surface area contributed by atoms with Crippen molar-refractivity contribution in [2.45, 2.75) is 38.5 Å². The molecule has 2 N–H and O–H groups in total. The Balaban J connectivity index is 1.88. The van der Waals surface area contributed by atoms with E-state index in [9.17, 15) is 0 Å². The summed E-state index contributed by atoms with van der Waals surface area (Å²) in [6, 6.07) is 18.8. The average molecular weight is 297 g/mol. The molecule has 1 unspecified atom stereocenters. The SMILES string of the molecule is CC(C)(C)c1ccc(OCCC(CN)c2ccccc2)cc1. The smallest absolute Gasteiger partial charge is 0.119 e. The van der Waals surface area contributed by atoms with Gasteiger partial charge in [-0.2, -0.15) is 0 Å². The first-order valence-corrected chi connectivity index (χ1v) is 7.99. The Kier molecular flexibility index (Phi) is 5.62. The molecule has 0 spiro atoms. The number of nitrogens with two attached hydrogens (primary N) is 1. The van der Waals surface area contributed by atoms with E-state index in [-0.39, 0.29) is 5.41 Å². The van der Waals surface area contributed by atoms with Crippen molar-refractivity contribution in [1.82, 2.24) is 0 Å². The molecule has 2 heteroatoms. The molecule has 0 amide bonds. The van der Waals surface area contributed by atoms with Crippen LogP contribution in [0, 0.1) is 0 Å². The highest BCUT2D eigenvalue weighted by atomic mass is 16.5. The molecule has 0 bridgehead atoms. The Bertz CT molecular complexity index is 555. The van der Waals surface area contributed by atoms with Gasteiger partial charge in [0.15, 0.2) is 0 Å². The molecule has 2 nitrogen and oxygen atoms in total. The lowest BCUT2D eigenvalue weighted by atomic mass is 9.87. The maximum atomic E-state index is 5.90. The van der Waals surface area contributed by atoms with E-state index in [1.807, 2.05) is 6.07 Å². The highest BCUT2D eigenvalue weighted by Gasteiger charge is 2.13. The fourth-order valence-electron chi connectivity index (χ4n) is 2.52. The first kappa shape index (κ1) is 16.6. The van der Waals surface area contributed by atoms with Gasteiger partial charge in [0.2, 0.25) is 0 Å². The molecule has 1 atom stereocenters. The van der Waals surface area contributed by atoms with Crippen molar-refractivity contribution < 1.29 is 4.74 Å². The second-order valence-electron chi connectivity index (χ2n) is 6.75. The predicted octanol–water partition coefficient (Wildman–Crippen LogP) is 4.50. The molecule has 0 saturated heterocycles. The molecule has 2 aromatic carbocycles. The Morgan fingerprint density at radius 1 is 0.955 bits per heavy atom. The Hall–Kier alpha value is -1.80. The first-order chi connectivity index (χ1) is 10.5. The minimum atomic E-state index is 0.177. The summed E-state index contributed by atoms with van der Waals surface area (Å²) in [5, 5.41) is 0. The first-order valence-electron chi connectivity index (χ1n) is 7.99. The van der Waals surface area contributed by atoms with E-state index >= 15 is 0 Å². The molecule has 118 valence electrons. The third-order valence-electron chi connectivity index (χ3n) is 4.01. The van der Waals surface area contributed by atoms with E-state index in [4.69, 9.17) is 10.5 Å². The molecule has 0 aromatic heterocycles. The number of hydrogen-bond donors (Lipinski definition) is 1. The number of ether oxygens (including phenoxy) is 1. The van der Waals surface area contributed by atoms with Gasteiger partial charge in [-0.25, -0.2) is 0 Å². The summed E-state index contributed by atoms with van der Waals surface area (Å²) in [4.78, 5) is 0. The van der Waals surface area contributed by atoms with Gasteiger partial charge in [0.1, 0.15) is 5.75 Å². The van der Waals surface area contributed by atoms with Crippen molar-refractivity contribution in [2.75, 3.05) is 13.2 Å². The molecule has 2 aromatic rings. The van der Waals surface area contributed by atoms with Crippen LogP contribution in [-0.4, -0.2) is 13.2 Å². The fourth-order valence-corrected chi connectivity index (χ4v) is 2.52. The molecule has 0 fully saturated rings. The topological polar surface area (TPSA) is 35.2 Å². The third-order valence-corrected chi connectivity index (χ3v) is 4.01. The van der Waals surface area contributed by atoms with Gasteiger partial charge in [-0.15, -0.1) is 0 Å². The van der Waals surface area contributed by atoms with Crippen molar-refractivity contribution in [3.63, 3.8) is 0 Å². The summed E-state index contributed by atoms with van der Waals surface area (Å²) in [5.41, 5.74) is 8.69. The average Bonchev–Trinajstić information content (AvgIpc) is 2.52. The van der Waals surface area contributed by atoms with Crippen LogP contribution in [0.3, 0.4) is 0 Å². The van der Waals surface area contributed by atoms with Gasteiger partial charge >= 0.3 is 0 Å². The summed E-state index contributed by atoms with van der Waals surface area (Å²) in [7, 11) is 0. The van der Waals surface area contributed by atoms with E-state index in [1.165, 1.54) is 11.1 Å². The normalized spacial score (nSPS) is 12.9. The standard InChI is InChI=1S/C20H27NO/c1-20(2,3)18-9-11-19(12-10-18)22-14-13-17(15-21)16-7-5-4-6-8-16/h4-12,17H,13-15,21H2,1-3H3. The summed E-state index contributed by atoms with van der Waals surface area (Å²) >= 11 is 0. The zero-order valence-electron chi connectivity index (χ0n) is 13.9. The highest BCUT2D eigenvalue weighted by Crippen LogP contribution is 2.25. The van der Waals surface area contributed by atoms with Gasteiger partial charge in [0.05, 0.1) is 6.61 Å². The number of hydrogen-bond acceptors (Lipinski definition) is 2. The van der Waals surface area contributed by atoms with Gasteiger partial charge < -0.3 is 10.5 Å². The van der Waals surface area contributed by atoms with Crippen LogP contribution in [0.15, 0.2) is 54.6 Å². The van der Waals surface area contributed by atoms with Crippen LogP contribution in [0.2, 0.25) is 0 Å². The quantitative estimate of drug-likeness (QED) is 0.852. The van der Waals surface area contributed by atoms with Crippen LogP contribution in [0.5, 0.6) is 5.75 Å². The van der Waals surface area contributed by atoms with Gasteiger partial charge in [-0.3, -0.25) is 0 Å². The zero-order chi connectivity index (χ0) is 16.0. The van der Waals surface area contributed by atoms with Gasteiger partial charge in [-0.1, -0.05) is 63.2 Å². The van der Waals surface area contributed by atoms with Crippen LogP contribution in [-0.2, 0) is 5.41 Å². The van der Waals surface area contributed by atoms with Crippen LogP contribution in [0.25, 0.3) is 0 Å². The second-order valence-corrected chi connectivity index (χ2v) is 6.75. The second kappa shape index (κ2) is 7.46. The lowest BCUT2D eigenvalue weighted by Crippen LogP contribution is -2.15. The molecule has 2 rings (SSSR count). The lowest BCUT2D eigenvalue weighted by molar-refractivity contribution is 0.298. The van der Waals surface area contributed by atoms with Crippen LogP contribution in [0.4, 0.5) is 0 Å². The molecular formula is C20H27NO. The molecular weight excluding hydrogens is 270 g/mol. The number of rotatable bonds is 6. The van der Waals surface area contributed by atoms with Crippen molar-refractivity contribution >= 4 is 0 Å². The largest absolute Gasteiger partial charge is 0.494 e. The van der Waals surface area contributed by atoms with E-state index in [2.05, 4.69) is 69.3 Å². The maximum absolute atomic E-state index is 5.90. The number of benzene rings is 2. The minimum absolute atomic E-state index is 0.177. The van der Waals surface area contributed by atoms with Crippen molar-refractivity contribution in [2.24, 2.45) is 5.73 Å². The molecule has 22 heavy (non-hydrogen) atoms. The zero-order valence-corrected chi connectivity index (χ0v) is 13.9. The predicted molar refractivity (Wildman–Crippen MR) is 93.5 cm³/mol. The highest BCUT2D eigenvalue weighted by molar-refractivity contribution is 5.31. The summed E-state index contributed by atoms with van der Waals surface area (Å²) < 4.78 is 5.87. The van der Waals surface area contributed by atoms with E-state index in [1.54, 1.807) is 0 Å². The van der Waals surface area contributed by atoms with Crippen molar-refractivity contribution in [3.05, 3.63) is 65.7 Å². The van der Waals surface area contributed by atoms with E-state index < -0.39 is 0 Å². The van der Waals surface area contributed by atoms with Gasteiger partial charge in [-0.05, 0) is 47.6 Å². The molecule has 0 aliphatic carbocycles. The molecule has 0 radical (unpaired) electrons.